The average molecular weight is 284 g/mol. The molecule has 2 fully saturated rings. The van der Waals surface area contributed by atoms with Gasteiger partial charge in [-0.15, -0.1) is 0 Å². The first kappa shape index (κ1) is 15.2. The summed E-state index contributed by atoms with van der Waals surface area (Å²) in [5, 5.41) is 3.07. The molecule has 1 saturated heterocycles. The summed E-state index contributed by atoms with van der Waals surface area (Å²) in [4.78, 5) is 12.0. The number of nitrogens with two attached hydrogens (primary N) is 1. The summed E-state index contributed by atoms with van der Waals surface area (Å²) >= 11 is 2.03. The Morgan fingerprint density at radius 2 is 1.79 bits per heavy atom. The minimum atomic E-state index is -0.291. The fourth-order valence-electron chi connectivity index (χ4n) is 3.22. The summed E-state index contributed by atoms with van der Waals surface area (Å²) < 4.78 is 0. The van der Waals surface area contributed by atoms with Crippen molar-refractivity contribution in [2.75, 3.05) is 18.1 Å². The van der Waals surface area contributed by atoms with E-state index in [0.29, 0.717) is 11.8 Å². The normalized spacial score (nSPS) is 24.1. The molecule has 110 valence electrons. The summed E-state index contributed by atoms with van der Waals surface area (Å²) in [6.45, 7) is 0.831. The van der Waals surface area contributed by atoms with Crippen molar-refractivity contribution in [2.24, 2.45) is 17.6 Å². The third-order valence-electron chi connectivity index (χ3n) is 4.55. The Morgan fingerprint density at radius 1 is 1.11 bits per heavy atom. The molecule has 4 heteroatoms. The molecule has 0 aromatic carbocycles. The van der Waals surface area contributed by atoms with Gasteiger partial charge in [0.15, 0.2) is 0 Å². The molecule has 19 heavy (non-hydrogen) atoms. The lowest BCUT2D eigenvalue weighted by atomic mass is 9.85. The summed E-state index contributed by atoms with van der Waals surface area (Å²) in [6.07, 6.45) is 9.88. The van der Waals surface area contributed by atoms with E-state index in [4.69, 9.17) is 5.73 Å². The van der Waals surface area contributed by atoms with E-state index in [0.717, 1.165) is 13.0 Å². The van der Waals surface area contributed by atoms with E-state index in [1.165, 1.54) is 56.5 Å². The molecule has 0 radical (unpaired) electrons. The van der Waals surface area contributed by atoms with Crippen molar-refractivity contribution < 1.29 is 4.79 Å². The van der Waals surface area contributed by atoms with Crippen molar-refractivity contribution in [1.29, 1.82) is 0 Å². The minimum absolute atomic E-state index is 0.0730. The Hall–Kier alpha value is -0.220. The SMILES string of the molecule is NC(CC1CCCCC1)C(=O)NCC1CCSCC1. The van der Waals surface area contributed by atoms with Crippen LogP contribution in [0.1, 0.15) is 51.4 Å². The number of nitrogens with one attached hydrogen (secondary N) is 1. The van der Waals surface area contributed by atoms with Crippen LogP contribution in [0.5, 0.6) is 0 Å². The second-order valence-electron chi connectivity index (χ2n) is 6.15. The third-order valence-corrected chi connectivity index (χ3v) is 5.60. The van der Waals surface area contributed by atoms with Gasteiger partial charge in [-0.1, -0.05) is 32.1 Å². The summed E-state index contributed by atoms with van der Waals surface area (Å²) in [5.74, 6) is 3.92. The highest BCUT2D eigenvalue weighted by Gasteiger charge is 2.22. The number of rotatable bonds is 5. The van der Waals surface area contributed by atoms with Crippen LogP contribution in [0.25, 0.3) is 0 Å². The van der Waals surface area contributed by atoms with Gasteiger partial charge in [-0.2, -0.15) is 11.8 Å². The van der Waals surface area contributed by atoms with Crippen LogP contribution in [0.3, 0.4) is 0 Å². The molecule has 1 saturated carbocycles. The lowest BCUT2D eigenvalue weighted by molar-refractivity contribution is -0.123. The van der Waals surface area contributed by atoms with Gasteiger partial charge in [0.05, 0.1) is 6.04 Å². The fourth-order valence-corrected chi connectivity index (χ4v) is 4.42. The molecule has 0 spiro atoms. The molecule has 1 heterocycles. The first-order chi connectivity index (χ1) is 9.25. The number of carbonyl (C=O) groups is 1. The first-order valence-electron chi connectivity index (χ1n) is 7.86. The smallest absolute Gasteiger partial charge is 0.236 e. The van der Waals surface area contributed by atoms with E-state index in [2.05, 4.69) is 5.32 Å². The Kier molecular flexibility index (Phi) is 6.51. The molecular formula is C15H28N2OS. The van der Waals surface area contributed by atoms with Gasteiger partial charge in [0.1, 0.15) is 0 Å². The van der Waals surface area contributed by atoms with Gasteiger partial charge in [0, 0.05) is 6.54 Å². The van der Waals surface area contributed by atoms with Crippen LogP contribution in [-0.4, -0.2) is 30.0 Å². The Morgan fingerprint density at radius 3 is 2.47 bits per heavy atom. The van der Waals surface area contributed by atoms with E-state index in [1.807, 2.05) is 11.8 Å². The molecule has 0 aromatic heterocycles. The molecule has 0 aromatic rings. The highest BCUT2D eigenvalue weighted by molar-refractivity contribution is 7.99. The van der Waals surface area contributed by atoms with Crippen molar-refractivity contribution in [3.63, 3.8) is 0 Å². The molecule has 1 amide bonds. The van der Waals surface area contributed by atoms with Gasteiger partial charge in [-0.3, -0.25) is 4.79 Å². The maximum absolute atomic E-state index is 12.0. The maximum Gasteiger partial charge on any atom is 0.236 e. The highest BCUT2D eigenvalue weighted by Crippen LogP contribution is 2.27. The van der Waals surface area contributed by atoms with Gasteiger partial charge in [0.25, 0.3) is 0 Å². The zero-order chi connectivity index (χ0) is 13.5. The molecule has 1 unspecified atom stereocenters. The van der Waals surface area contributed by atoms with Gasteiger partial charge < -0.3 is 11.1 Å². The Labute approximate surface area is 121 Å². The van der Waals surface area contributed by atoms with Crippen molar-refractivity contribution >= 4 is 17.7 Å². The predicted octanol–water partition coefficient (Wildman–Crippen LogP) is 2.54. The monoisotopic (exact) mass is 284 g/mol. The minimum Gasteiger partial charge on any atom is -0.354 e. The lowest BCUT2D eigenvalue weighted by Gasteiger charge is -2.25. The number of amides is 1. The molecule has 2 rings (SSSR count). The quantitative estimate of drug-likeness (QED) is 0.816. The predicted molar refractivity (Wildman–Crippen MR) is 82.2 cm³/mol. The van der Waals surface area contributed by atoms with E-state index in [9.17, 15) is 4.79 Å². The third kappa shape index (κ3) is 5.35. The van der Waals surface area contributed by atoms with E-state index >= 15 is 0 Å². The summed E-state index contributed by atoms with van der Waals surface area (Å²) in [7, 11) is 0. The Bertz CT molecular complexity index is 273. The second-order valence-corrected chi connectivity index (χ2v) is 7.37. The highest BCUT2D eigenvalue weighted by atomic mass is 32.2. The zero-order valence-electron chi connectivity index (χ0n) is 11.9. The van der Waals surface area contributed by atoms with Gasteiger partial charge >= 0.3 is 0 Å². The molecule has 3 nitrogen and oxygen atoms in total. The second kappa shape index (κ2) is 8.15. The molecule has 1 aliphatic heterocycles. The zero-order valence-corrected chi connectivity index (χ0v) is 12.7. The van der Waals surface area contributed by atoms with Crippen molar-refractivity contribution in [3.05, 3.63) is 0 Å². The van der Waals surface area contributed by atoms with Crippen molar-refractivity contribution in [1.82, 2.24) is 5.32 Å². The van der Waals surface area contributed by atoms with E-state index in [1.54, 1.807) is 0 Å². The Balaban J connectivity index is 1.63. The van der Waals surface area contributed by atoms with Crippen molar-refractivity contribution in [2.45, 2.75) is 57.4 Å². The van der Waals surface area contributed by atoms with Crippen LogP contribution < -0.4 is 11.1 Å². The largest absolute Gasteiger partial charge is 0.354 e. The van der Waals surface area contributed by atoms with Crippen LogP contribution >= 0.6 is 11.8 Å². The number of hydrogen-bond acceptors (Lipinski definition) is 3. The molecule has 1 aliphatic carbocycles. The van der Waals surface area contributed by atoms with E-state index < -0.39 is 0 Å². The number of hydrogen-bond donors (Lipinski definition) is 2. The average Bonchev–Trinajstić information content (AvgIpc) is 2.47. The summed E-state index contributed by atoms with van der Waals surface area (Å²) in [5.41, 5.74) is 6.05. The van der Waals surface area contributed by atoms with Crippen LogP contribution in [0.2, 0.25) is 0 Å². The molecule has 2 aliphatic rings. The summed E-state index contributed by atoms with van der Waals surface area (Å²) in [6, 6.07) is -0.291. The molecule has 3 N–H and O–H groups in total. The number of thioether (sulfide) groups is 1. The van der Waals surface area contributed by atoms with Gasteiger partial charge in [0.2, 0.25) is 5.91 Å². The molecular weight excluding hydrogens is 256 g/mol. The van der Waals surface area contributed by atoms with Crippen LogP contribution in [0.4, 0.5) is 0 Å². The van der Waals surface area contributed by atoms with Crippen LogP contribution in [0, 0.1) is 11.8 Å². The van der Waals surface area contributed by atoms with Crippen LogP contribution in [0.15, 0.2) is 0 Å². The van der Waals surface area contributed by atoms with Crippen molar-refractivity contribution in [3.8, 4) is 0 Å². The van der Waals surface area contributed by atoms with Gasteiger partial charge in [-0.05, 0) is 42.6 Å². The van der Waals surface area contributed by atoms with Crippen LogP contribution in [-0.2, 0) is 4.79 Å². The maximum atomic E-state index is 12.0. The topological polar surface area (TPSA) is 55.1 Å². The van der Waals surface area contributed by atoms with Gasteiger partial charge in [-0.25, -0.2) is 0 Å². The fraction of sp³-hybridized carbons (Fsp3) is 0.933. The first-order valence-corrected chi connectivity index (χ1v) is 9.02. The number of carbonyl (C=O) groups excluding carboxylic acids is 1. The standard InChI is InChI=1S/C15H28N2OS/c16-14(10-12-4-2-1-3-5-12)15(18)17-11-13-6-8-19-9-7-13/h12-14H,1-11,16H2,(H,17,18). The molecule has 1 atom stereocenters. The van der Waals surface area contributed by atoms with E-state index in [-0.39, 0.29) is 11.9 Å². The lowest BCUT2D eigenvalue weighted by Crippen LogP contribution is -2.43. The molecule has 0 bridgehead atoms.